The number of hydrogen-bond acceptors (Lipinski definition) is 2. The normalized spacial score (nSPS) is 12.8. The van der Waals surface area contributed by atoms with Crippen molar-refractivity contribution in [2.24, 2.45) is 5.92 Å². The Labute approximate surface area is 94.4 Å². The van der Waals surface area contributed by atoms with Crippen molar-refractivity contribution in [3.05, 3.63) is 0 Å². The summed E-state index contributed by atoms with van der Waals surface area (Å²) in [7, 11) is 5.38. The van der Waals surface area contributed by atoms with Gasteiger partial charge in [-0.2, -0.15) is 0 Å². The summed E-state index contributed by atoms with van der Waals surface area (Å²) >= 11 is 0. The molecule has 0 aromatic heterocycles. The van der Waals surface area contributed by atoms with Gasteiger partial charge in [-0.3, -0.25) is 4.79 Å². The van der Waals surface area contributed by atoms with Crippen molar-refractivity contribution >= 4 is 13.8 Å². The topological polar surface area (TPSA) is 38.3 Å². The van der Waals surface area contributed by atoms with Crippen LogP contribution in [0, 0.1) is 5.92 Å². The van der Waals surface area contributed by atoms with Gasteiger partial charge < -0.3 is 10.1 Å². The summed E-state index contributed by atoms with van der Waals surface area (Å²) < 4.78 is 5.32. The number of hydrogen-bond donors (Lipinski definition) is 1. The molecule has 2 radical (unpaired) electrons. The summed E-state index contributed by atoms with van der Waals surface area (Å²) in [5.74, 6) is 0.559. The number of ether oxygens (including phenoxy) is 1. The minimum atomic E-state index is 0.0414. The number of amides is 1. The minimum absolute atomic E-state index is 0.0414. The average molecular weight is 211 g/mol. The second-order valence-electron chi connectivity index (χ2n) is 4.26. The zero-order chi connectivity index (χ0) is 11.7. The van der Waals surface area contributed by atoms with Crippen molar-refractivity contribution in [3.8, 4) is 0 Å². The van der Waals surface area contributed by atoms with E-state index in [1.807, 2.05) is 6.92 Å². The Morgan fingerprint density at radius 3 is 2.60 bits per heavy atom. The molecule has 0 saturated heterocycles. The molecular weight excluding hydrogens is 189 g/mol. The highest BCUT2D eigenvalue weighted by molar-refractivity contribution is 6.08. The van der Waals surface area contributed by atoms with E-state index in [9.17, 15) is 4.79 Å². The molecule has 0 heterocycles. The van der Waals surface area contributed by atoms with Crippen LogP contribution in [0.4, 0.5) is 0 Å². The van der Waals surface area contributed by atoms with Gasteiger partial charge in [0.25, 0.3) is 0 Å². The number of carbonyl (C=O) groups is 1. The number of nitrogens with one attached hydrogen (secondary N) is 1. The van der Waals surface area contributed by atoms with Gasteiger partial charge in [0.15, 0.2) is 0 Å². The van der Waals surface area contributed by atoms with Crippen LogP contribution >= 0.6 is 0 Å². The van der Waals surface area contributed by atoms with Crippen LogP contribution in [0.5, 0.6) is 0 Å². The van der Waals surface area contributed by atoms with E-state index in [1.165, 1.54) is 0 Å². The fraction of sp³-hybridized carbons (Fsp3) is 0.909. The smallest absolute Gasteiger partial charge is 0.222 e. The third-order valence-electron chi connectivity index (χ3n) is 1.93. The van der Waals surface area contributed by atoms with Crippen molar-refractivity contribution in [2.45, 2.75) is 46.0 Å². The lowest BCUT2D eigenvalue weighted by Gasteiger charge is -2.13. The van der Waals surface area contributed by atoms with Gasteiger partial charge in [0.05, 0.1) is 14.5 Å². The summed E-state index contributed by atoms with van der Waals surface area (Å²) in [5, 5.41) is 2.87. The van der Waals surface area contributed by atoms with E-state index in [4.69, 9.17) is 12.6 Å². The number of rotatable bonds is 8. The lowest BCUT2D eigenvalue weighted by Crippen LogP contribution is -2.33. The molecule has 0 fully saturated rings. The van der Waals surface area contributed by atoms with Crippen LogP contribution in [0.25, 0.3) is 0 Å². The molecule has 0 spiro atoms. The summed E-state index contributed by atoms with van der Waals surface area (Å²) in [6.07, 6.45) is 1.85. The van der Waals surface area contributed by atoms with Crippen molar-refractivity contribution in [2.75, 3.05) is 13.2 Å². The fourth-order valence-electron chi connectivity index (χ4n) is 1.15. The highest BCUT2D eigenvalue weighted by atomic mass is 16.5. The first-order valence-electron chi connectivity index (χ1n) is 5.63. The van der Waals surface area contributed by atoms with E-state index < -0.39 is 0 Å². The highest BCUT2D eigenvalue weighted by Gasteiger charge is 2.05. The lowest BCUT2D eigenvalue weighted by molar-refractivity contribution is -0.122. The summed E-state index contributed by atoms with van der Waals surface area (Å²) in [6, 6.07) is 0.160. The maximum absolute atomic E-state index is 11.3. The highest BCUT2D eigenvalue weighted by Crippen LogP contribution is 1.96. The third kappa shape index (κ3) is 9.79. The van der Waals surface area contributed by atoms with E-state index in [2.05, 4.69) is 19.2 Å². The molecule has 0 bridgehead atoms. The molecule has 3 nitrogen and oxygen atoms in total. The summed E-state index contributed by atoms with van der Waals surface area (Å²) in [4.78, 5) is 11.3. The van der Waals surface area contributed by atoms with Gasteiger partial charge in [0.2, 0.25) is 5.91 Å². The first kappa shape index (κ1) is 14.5. The largest absolute Gasteiger partial charge is 0.381 e. The number of carbonyl (C=O) groups excluding carboxylic acids is 1. The van der Waals surface area contributed by atoms with E-state index >= 15 is 0 Å². The van der Waals surface area contributed by atoms with E-state index in [1.54, 1.807) is 0 Å². The minimum Gasteiger partial charge on any atom is -0.381 e. The molecule has 0 rings (SSSR count). The second kappa shape index (κ2) is 8.78. The molecule has 0 aromatic carbocycles. The predicted molar refractivity (Wildman–Crippen MR) is 63.1 cm³/mol. The van der Waals surface area contributed by atoms with Crippen LogP contribution in [0.15, 0.2) is 0 Å². The Morgan fingerprint density at radius 2 is 2.07 bits per heavy atom. The molecule has 1 N–H and O–H groups in total. The molecule has 0 aliphatic heterocycles. The molecule has 0 aromatic rings. The van der Waals surface area contributed by atoms with E-state index in [-0.39, 0.29) is 11.9 Å². The quantitative estimate of drug-likeness (QED) is 0.488. The van der Waals surface area contributed by atoms with Gasteiger partial charge in [-0.25, -0.2) is 0 Å². The molecule has 1 atom stereocenters. The molecular formula is C11H22BNO2. The molecule has 0 aliphatic carbocycles. The zero-order valence-corrected chi connectivity index (χ0v) is 10.1. The second-order valence-corrected chi connectivity index (χ2v) is 4.26. The van der Waals surface area contributed by atoms with Crippen molar-refractivity contribution in [1.29, 1.82) is 0 Å². The predicted octanol–water partition coefficient (Wildman–Crippen LogP) is 1.53. The monoisotopic (exact) mass is 211 g/mol. The van der Waals surface area contributed by atoms with Crippen LogP contribution in [0.1, 0.15) is 33.6 Å². The Morgan fingerprint density at radius 1 is 1.40 bits per heavy atom. The summed E-state index contributed by atoms with van der Waals surface area (Å²) in [5.41, 5.74) is 0. The zero-order valence-electron chi connectivity index (χ0n) is 10.1. The molecule has 15 heavy (non-hydrogen) atoms. The Hall–Kier alpha value is -0.505. The molecule has 0 aliphatic rings. The van der Waals surface area contributed by atoms with Gasteiger partial charge in [0, 0.05) is 19.1 Å². The molecule has 86 valence electrons. The Kier molecular flexibility index (Phi) is 8.48. The van der Waals surface area contributed by atoms with E-state index in [0.717, 1.165) is 6.42 Å². The third-order valence-corrected chi connectivity index (χ3v) is 1.93. The van der Waals surface area contributed by atoms with Crippen molar-refractivity contribution in [3.63, 3.8) is 0 Å². The first-order chi connectivity index (χ1) is 7.06. The summed E-state index contributed by atoms with van der Waals surface area (Å²) in [6.45, 7) is 7.34. The Balaban J connectivity index is 3.40. The van der Waals surface area contributed by atoms with Gasteiger partial charge in [0.1, 0.15) is 0 Å². The van der Waals surface area contributed by atoms with Crippen LogP contribution in [0.3, 0.4) is 0 Å². The Bertz CT molecular complexity index is 174. The molecule has 1 unspecified atom stereocenters. The van der Waals surface area contributed by atoms with Gasteiger partial charge in [-0.1, -0.05) is 20.2 Å². The molecule has 1 amide bonds. The standard InChI is InChI=1S/C11H22BNO2/c1-9(2)8-15-7-5-11(14)13-10(3)4-6-12/h9-10H,4-8H2,1-3H3,(H,13,14). The van der Waals surface area contributed by atoms with Crippen LogP contribution in [-0.4, -0.2) is 33.0 Å². The van der Waals surface area contributed by atoms with Gasteiger partial charge >= 0.3 is 0 Å². The SMILES string of the molecule is [B]CCC(C)NC(=O)CCOCC(C)C. The first-order valence-corrected chi connectivity index (χ1v) is 5.63. The van der Waals surface area contributed by atoms with Gasteiger partial charge in [-0.15, -0.1) is 0 Å². The molecule has 0 saturated carbocycles. The maximum atomic E-state index is 11.3. The van der Waals surface area contributed by atoms with Crippen molar-refractivity contribution < 1.29 is 9.53 Å². The van der Waals surface area contributed by atoms with E-state index in [0.29, 0.717) is 31.9 Å². The maximum Gasteiger partial charge on any atom is 0.222 e. The van der Waals surface area contributed by atoms with Crippen molar-refractivity contribution in [1.82, 2.24) is 5.32 Å². The van der Waals surface area contributed by atoms with Gasteiger partial charge in [-0.05, 0) is 19.3 Å². The lowest BCUT2D eigenvalue weighted by atomic mass is 9.98. The fourth-order valence-corrected chi connectivity index (χ4v) is 1.15. The van der Waals surface area contributed by atoms with Crippen LogP contribution < -0.4 is 5.32 Å². The average Bonchev–Trinajstić information content (AvgIpc) is 2.12. The van der Waals surface area contributed by atoms with Crippen LogP contribution in [-0.2, 0) is 9.53 Å². The van der Waals surface area contributed by atoms with Crippen LogP contribution in [0.2, 0.25) is 6.32 Å². The molecule has 4 heteroatoms.